The Labute approximate surface area is 167 Å². The molecule has 7 nitrogen and oxygen atoms in total. The standard InChI is InChI=1S/C22H18N4O3/c1-4-26-21(27)16(13(2)17(11-23)22(26)28)8-15-9-19-20(29-15)10-18(25(19)3)14-6-5-7-24-12-14/h5-10,12H,4H2,1-3H3/b16-8-. The zero-order valence-corrected chi connectivity index (χ0v) is 16.3. The van der Waals surface area contributed by atoms with Crippen LogP contribution in [0, 0.1) is 11.3 Å². The first kappa shape index (κ1) is 18.4. The summed E-state index contributed by atoms with van der Waals surface area (Å²) in [5, 5.41) is 9.35. The minimum atomic E-state index is -0.555. The maximum absolute atomic E-state index is 12.7. The van der Waals surface area contributed by atoms with E-state index in [-0.39, 0.29) is 17.7 Å². The Morgan fingerprint density at radius 2 is 2.07 bits per heavy atom. The van der Waals surface area contributed by atoms with Crippen LogP contribution in [0.25, 0.3) is 28.4 Å². The number of furan rings is 1. The number of hydrogen-bond donors (Lipinski definition) is 0. The van der Waals surface area contributed by atoms with E-state index in [1.807, 2.05) is 41.9 Å². The van der Waals surface area contributed by atoms with Crippen LogP contribution < -0.4 is 0 Å². The fourth-order valence-electron chi connectivity index (χ4n) is 3.55. The van der Waals surface area contributed by atoms with Crippen LogP contribution in [-0.2, 0) is 16.6 Å². The van der Waals surface area contributed by atoms with Crippen LogP contribution in [0.2, 0.25) is 0 Å². The van der Waals surface area contributed by atoms with E-state index >= 15 is 0 Å². The molecule has 4 heterocycles. The maximum Gasteiger partial charge on any atom is 0.271 e. The van der Waals surface area contributed by atoms with Gasteiger partial charge in [-0.2, -0.15) is 5.26 Å². The van der Waals surface area contributed by atoms with Crippen LogP contribution in [0.15, 0.2) is 57.8 Å². The van der Waals surface area contributed by atoms with E-state index in [4.69, 9.17) is 4.42 Å². The number of pyridine rings is 1. The zero-order chi connectivity index (χ0) is 20.7. The average Bonchev–Trinajstić information content (AvgIpc) is 3.25. The number of carbonyl (C=O) groups excluding carboxylic acids is 2. The number of likely N-dealkylation sites (N-methyl/N-ethyl adjacent to an activating group) is 1. The Kier molecular flexibility index (Phi) is 4.40. The van der Waals surface area contributed by atoms with Gasteiger partial charge in [-0.3, -0.25) is 19.5 Å². The van der Waals surface area contributed by atoms with Crippen LogP contribution >= 0.6 is 0 Å². The normalized spacial score (nSPS) is 16.2. The number of aryl methyl sites for hydroxylation is 1. The van der Waals surface area contributed by atoms with Gasteiger partial charge in [-0.1, -0.05) is 0 Å². The molecule has 144 valence electrons. The quantitative estimate of drug-likeness (QED) is 0.508. The molecule has 0 spiro atoms. The molecule has 29 heavy (non-hydrogen) atoms. The van der Waals surface area contributed by atoms with Crippen molar-refractivity contribution in [3.05, 3.63) is 59.1 Å². The number of carbonyl (C=O) groups is 2. The number of hydrogen-bond acceptors (Lipinski definition) is 5. The Morgan fingerprint density at radius 3 is 2.69 bits per heavy atom. The third kappa shape index (κ3) is 2.86. The van der Waals surface area contributed by atoms with Crippen molar-refractivity contribution in [1.82, 2.24) is 14.5 Å². The summed E-state index contributed by atoms with van der Waals surface area (Å²) >= 11 is 0. The third-order valence-corrected chi connectivity index (χ3v) is 5.14. The number of nitrogens with zero attached hydrogens (tertiary/aromatic N) is 4. The van der Waals surface area contributed by atoms with Crippen molar-refractivity contribution in [3.63, 3.8) is 0 Å². The van der Waals surface area contributed by atoms with Gasteiger partial charge in [-0.05, 0) is 37.6 Å². The summed E-state index contributed by atoms with van der Waals surface area (Å²) in [5.41, 5.74) is 4.10. The highest BCUT2D eigenvalue weighted by Crippen LogP contribution is 2.32. The molecular weight excluding hydrogens is 368 g/mol. The molecule has 0 fully saturated rings. The van der Waals surface area contributed by atoms with E-state index < -0.39 is 11.8 Å². The van der Waals surface area contributed by atoms with Crippen molar-refractivity contribution < 1.29 is 14.0 Å². The molecule has 3 aromatic rings. The fraction of sp³-hybridized carbons (Fsp3) is 0.182. The molecule has 0 saturated heterocycles. The molecule has 0 N–H and O–H groups in total. The molecule has 7 heteroatoms. The first-order valence-corrected chi connectivity index (χ1v) is 9.15. The summed E-state index contributed by atoms with van der Waals surface area (Å²) < 4.78 is 7.93. The van der Waals surface area contributed by atoms with E-state index in [1.54, 1.807) is 32.3 Å². The number of aromatic nitrogens is 2. The van der Waals surface area contributed by atoms with Crippen LogP contribution in [0.5, 0.6) is 0 Å². The first-order valence-electron chi connectivity index (χ1n) is 9.15. The largest absolute Gasteiger partial charge is 0.455 e. The van der Waals surface area contributed by atoms with Crippen LogP contribution in [0.1, 0.15) is 19.6 Å². The van der Waals surface area contributed by atoms with Gasteiger partial charge in [0.1, 0.15) is 17.4 Å². The van der Waals surface area contributed by atoms with Crippen LogP contribution in [0.4, 0.5) is 0 Å². The second-order valence-electron chi connectivity index (χ2n) is 6.75. The molecule has 0 aromatic carbocycles. The predicted octanol–water partition coefficient (Wildman–Crippen LogP) is 3.45. The minimum Gasteiger partial charge on any atom is -0.455 e. The van der Waals surface area contributed by atoms with E-state index in [9.17, 15) is 14.9 Å². The summed E-state index contributed by atoms with van der Waals surface area (Å²) in [7, 11) is 1.93. The Morgan fingerprint density at radius 1 is 1.28 bits per heavy atom. The molecule has 0 atom stereocenters. The monoisotopic (exact) mass is 386 g/mol. The van der Waals surface area contributed by atoms with Crippen molar-refractivity contribution >= 4 is 29.0 Å². The van der Waals surface area contributed by atoms with Gasteiger partial charge in [0.15, 0.2) is 5.58 Å². The van der Waals surface area contributed by atoms with E-state index in [2.05, 4.69) is 4.98 Å². The van der Waals surface area contributed by atoms with Gasteiger partial charge in [0.05, 0.1) is 11.2 Å². The SMILES string of the molecule is CCN1C(=O)C(C#N)=C(C)/C(=C/c2cc3c(cc(-c4cccnc4)n3C)o2)C1=O. The summed E-state index contributed by atoms with van der Waals surface area (Å²) in [5.74, 6) is -0.500. The van der Waals surface area contributed by atoms with Gasteiger partial charge < -0.3 is 8.98 Å². The molecule has 0 unspecified atom stereocenters. The molecule has 1 aliphatic rings. The lowest BCUT2D eigenvalue weighted by atomic mass is 9.95. The van der Waals surface area contributed by atoms with Gasteiger partial charge in [-0.25, -0.2) is 0 Å². The summed E-state index contributed by atoms with van der Waals surface area (Å²) in [6.07, 6.45) is 5.09. The average molecular weight is 386 g/mol. The molecular formula is C22H18N4O3. The van der Waals surface area contributed by atoms with Crippen molar-refractivity contribution in [1.29, 1.82) is 5.26 Å². The molecule has 0 radical (unpaired) electrons. The summed E-state index contributed by atoms with van der Waals surface area (Å²) in [6.45, 7) is 3.50. The van der Waals surface area contributed by atoms with Crippen LogP contribution in [-0.4, -0.2) is 32.8 Å². The highest BCUT2D eigenvalue weighted by molar-refractivity contribution is 6.19. The molecule has 2 amide bonds. The highest BCUT2D eigenvalue weighted by Gasteiger charge is 2.34. The Balaban J connectivity index is 1.80. The molecule has 4 rings (SSSR count). The summed E-state index contributed by atoms with van der Waals surface area (Å²) in [6, 6.07) is 9.51. The smallest absolute Gasteiger partial charge is 0.271 e. The third-order valence-electron chi connectivity index (χ3n) is 5.14. The predicted molar refractivity (Wildman–Crippen MR) is 107 cm³/mol. The number of rotatable bonds is 3. The number of amides is 2. The molecule has 3 aromatic heterocycles. The van der Waals surface area contributed by atoms with Crippen LogP contribution in [0.3, 0.4) is 0 Å². The number of nitriles is 1. The molecule has 0 saturated carbocycles. The van der Waals surface area contributed by atoms with E-state index in [1.165, 1.54) is 0 Å². The lowest BCUT2D eigenvalue weighted by Crippen LogP contribution is -2.42. The minimum absolute atomic E-state index is 0.0207. The fourth-order valence-corrected chi connectivity index (χ4v) is 3.55. The second kappa shape index (κ2) is 6.91. The van der Waals surface area contributed by atoms with Gasteiger partial charge in [0.2, 0.25) is 0 Å². The van der Waals surface area contributed by atoms with Crippen molar-refractivity contribution in [2.75, 3.05) is 6.54 Å². The Hall–Kier alpha value is -3.92. The second-order valence-corrected chi connectivity index (χ2v) is 6.75. The van der Waals surface area contributed by atoms with E-state index in [0.29, 0.717) is 16.9 Å². The highest BCUT2D eigenvalue weighted by atomic mass is 16.3. The van der Waals surface area contributed by atoms with Crippen molar-refractivity contribution in [2.24, 2.45) is 7.05 Å². The van der Waals surface area contributed by atoms with Gasteiger partial charge >= 0.3 is 0 Å². The number of fused-ring (bicyclic) bond motifs is 1. The zero-order valence-electron chi connectivity index (χ0n) is 16.3. The number of imide groups is 1. The van der Waals surface area contributed by atoms with Gasteiger partial charge in [0, 0.05) is 49.3 Å². The van der Waals surface area contributed by atoms with Gasteiger partial charge in [-0.15, -0.1) is 0 Å². The van der Waals surface area contributed by atoms with Crippen molar-refractivity contribution in [2.45, 2.75) is 13.8 Å². The van der Waals surface area contributed by atoms with Gasteiger partial charge in [0.25, 0.3) is 11.8 Å². The molecule has 0 bridgehead atoms. The Bertz CT molecular complexity index is 1250. The van der Waals surface area contributed by atoms with E-state index in [0.717, 1.165) is 21.7 Å². The topological polar surface area (TPSA) is 92.1 Å². The lowest BCUT2D eigenvalue weighted by Gasteiger charge is -2.25. The first-order chi connectivity index (χ1) is 14.0. The maximum atomic E-state index is 12.7. The molecule has 0 aliphatic carbocycles. The van der Waals surface area contributed by atoms with Crippen molar-refractivity contribution in [3.8, 4) is 17.3 Å². The summed E-state index contributed by atoms with van der Waals surface area (Å²) in [4.78, 5) is 30.3. The molecule has 1 aliphatic heterocycles. The lowest BCUT2D eigenvalue weighted by molar-refractivity contribution is -0.140.